The van der Waals surface area contributed by atoms with Crippen LogP contribution < -0.4 is 15.5 Å². The molecule has 1 fully saturated rings. The van der Waals surface area contributed by atoms with Crippen LogP contribution in [0.15, 0.2) is 48.8 Å². The van der Waals surface area contributed by atoms with Gasteiger partial charge in [-0.3, -0.25) is 0 Å². The number of hydrogen-bond acceptors (Lipinski definition) is 6. The van der Waals surface area contributed by atoms with Gasteiger partial charge in [0.05, 0.1) is 11.3 Å². The second kappa shape index (κ2) is 11.8. The number of aromatic nitrogens is 2. The molecule has 0 aliphatic heterocycles. The Morgan fingerprint density at radius 3 is 2.40 bits per heavy atom. The zero-order chi connectivity index (χ0) is 30.1. The van der Waals surface area contributed by atoms with Gasteiger partial charge in [0.25, 0.3) is 0 Å². The Morgan fingerprint density at radius 2 is 1.69 bits per heavy atom. The first-order valence-electron chi connectivity index (χ1n) is 14.5. The van der Waals surface area contributed by atoms with Crippen LogP contribution in [-0.4, -0.2) is 40.8 Å². The van der Waals surface area contributed by atoms with Gasteiger partial charge in [-0.25, -0.2) is 14.8 Å². The Hall–Kier alpha value is -3.82. The largest absolute Gasteiger partial charge is 0.444 e. The lowest BCUT2D eigenvalue weighted by Gasteiger charge is -2.34. The molecule has 5 rings (SSSR count). The van der Waals surface area contributed by atoms with E-state index in [0.29, 0.717) is 29.2 Å². The van der Waals surface area contributed by atoms with Gasteiger partial charge in [-0.05, 0) is 81.8 Å². The monoisotopic (exact) mass is 581 g/mol. The molecule has 3 aromatic rings. The minimum absolute atomic E-state index is 0.0463. The summed E-state index contributed by atoms with van der Waals surface area (Å²) in [7, 11) is 1.88. The average molecular weight is 582 g/mol. The third kappa shape index (κ3) is 7.14. The molecule has 1 heterocycles. The first kappa shape index (κ1) is 29.7. The molecular formula is C32H38F3N5O2. The quantitative estimate of drug-likeness (QED) is 0.311. The van der Waals surface area contributed by atoms with Crippen LogP contribution in [0, 0.1) is 0 Å². The maximum atomic E-state index is 13.7. The van der Waals surface area contributed by atoms with Gasteiger partial charge in [-0.2, -0.15) is 13.2 Å². The topological polar surface area (TPSA) is 79.4 Å². The van der Waals surface area contributed by atoms with E-state index in [0.717, 1.165) is 61.4 Å². The molecule has 2 N–H and O–H groups in total. The minimum Gasteiger partial charge on any atom is -0.444 e. The summed E-state index contributed by atoms with van der Waals surface area (Å²) in [4.78, 5) is 23.0. The van der Waals surface area contributed by atoms with E-state index in [1.165, 1.54) is 18.5 Å². The van der Waals surface area contributed by atoms with Crippen LogP contribution >= 0.6 is 0 Å². The van der Waals surface area contributed by atoms with Crippen molar-refractivity contribution in [2.24, 2.45) is 0 Å². The maximum Gasteiger partial charge on any atom is 0.416 e. The van der Waals surface area contributed by atoms with Gasteiger partial charge in [-0.15, -0.1) is 0 Å². The zero-order valence-electron chi connectivity index (χ0n) is 24.5. The molecule has 2 aromatic carbocycles. The van der Waals surface area contributed by atoms with Crippen molar-refractivity contribution in [1.29, 1.82) is 0 Å². The molecule has 1 saturated carbocycles. The summed E-state index contributed by atoms with van der Waals surface area (Å²) in [6.07, 6.45) is 3.17. The van der Waals surface area contributed by atoms with Gasteiger partial charge in [0.2, 0.25) is 0 Å². The molecule has 1 aromatic heterocycles. The molecule has 0 radical (unpaired) electrons. The van der Waals surface area contributed by atoms with Crippen molar-refractivity contribution in [2.75, 3.05) is 17.3 Å². The molecular weight excluding hydrogens is 543 g/mol. The normalized spacial score (nSPS) is 17.5. The predicted molar refractivity (Wildman–Crippen MR) is 158 cm³/mol. The van der Waals surface area contributed by atoms with Crippen molar-refractivity contribution in [2.45, 2.75) is 89.6 Å². The average Bonchev–Trinajstić information content (AvgIpc) is 3.32. The van der Waals surface area contributed by atoms with E-state index in [9.17, 15) is 18.0 Å². The number of rotatable bonds is 6. The van der Waals surface area contributed by atoms with Crippen LogP contribution in [0.1, 0.15) is 69.6 Å². The predicted octanol–water partition coefficient (Wildman–Crippen LogP) is 7.67. The summed E-state index contributed by atoms with van der Waals surface area (Å²) in [5.41, 5.74) is 3.56. The molecule has 42 heavy (non-hydrogen) atoms. The van der Waals surface area contributed by atoms with Gasteiger partial charge < -0.3 is 20.3 Å². The summed E-state index contributed by atoms with van der Waals surface area (Å²) in [6.45, 7) is 5.50. The summed E-state index contributed by atoms with van der Waals surface area (Å²) in [5.74, 6) is 0.535. The number of alkyl carbamates (subject to hydrolysis) is 1. The first-order chi connectivity index (χ1) is 19.9. The number of halogens is 3. The van der Waals surface area contributed by atoms with Gasteiger partial charge in [0.1, 0.15) is 17.7 Å². The van der Waals surface area contributed by atoms with E-state index in [1.54, 1.807) is 6.07 Å². The molecule has 0 bridgehead atoms. The molecule has 10 heteroatoms. The fourth-order valence-electron chi connectivity index (χ4n) is 5.87. The molecule has 0 spiro atoms. The van der Waals surface area contributed by atoms with Crippen molar-refractivity contribution >= 4 is 23.3 Å². The van der Waals surface area contributed by atoms with Crippen molar-refractivity contribution < 1.29 is 22.7 Å². The van der Waals surface area contributed by atoms with Gasteiger partial charge in [0, 0.05) is 42.1 Å². The maximum absolute atomic E-state index is 13.7. The number of hydrogen-bond donors (Lipinski definition) is 2. The highest BCUT2D eigenvalue weighted by Crippen LogP contribution is 2.39. The molecule has 1 unspecified atom stereocenters. The van der Waals surface area contributed by atoms with E-state index in [2.05, 4.69) is 20.6 Å². The fraction of sp³-hybridized carbons (Fsp3) is 0.469. The Labute approximate surface area is 244 Å². The van der Waals surface area contributed by atoms with Gasteiger partial charge in [-0.1, -0.05) is 31.4 Å². The first-order valence-corrected chi connectivity index (χ1v) is 14.5. The minimum atomic E-state index is -4.44. The highest BCUT2D eigenvalue weighted by Gasteiger charge is 2.32. The number of fused-ring (bicyclic) bond motifs is 1. The Bertz CT molecular complexity index is 1430. The van der Waals surface area contributed by atoms with Crippen molar-refractivity contribution in [1.82, 2.24) is 15.3 Å². The highest BCUT2D eigenvalue weighted by atomic mass is 19.4. The van der Waals surface area contributed by atoms with Crippen LogP contribution in [0.3, 0.4) is 0 Å². The number of carbonyl (C=O) groups is 1. The molecule has 7 nitrogen and oxygen atoms in total. The van der Waals surface area contributed by atoms with E-state index in [-0.39, 0.29) is 12.1 Å². The van der Waals surface area contributed by atoms with Crippen LogP contribution in [0.2, 0.25) is 0 Å². The van der Waals surface area contributed by atoms with E-state index in [4.69, 9.17) is 4.74 Å². The second-order valence-electron chi connectivity index (χ2n) is 12.3. The highest BCUT2D eigenvalue weighted by molar-refractivity contribution is 5.79. The van der Waals surface area contributed by atoms with E-state index >= 15 is 0 Å². The zero-order valence-corrected chi connectivity index (χ0v) is 24.5. The third-order valence-corrected chi connectivity index (χ3v) is 7.90. The van der Waals surface area contributed by atoms with Crippen molar-refractivity contribution in [3.05, 3.63) is 65.5 Å². The third-order valence-electron chi connectivity index (χ3n) is 7.90. The van der Waals surface area contributed by atoms with Crippen LogP contribution in [0.4, 0.5) is 35.2 Å². The number of benzene rings is 2. The summed E-state index contributed by atoms with van der Waals surface area (Å²) < 4.78 is 46.4. The SMILES string of the molecule is CN(c1cc(C(F)(F)F)ccc1-c1cc(Nc2ccc3c(c2)CC(NC(=O)OC(C)(C)C)C3)ncn1)C1CCCCC1. The summed E-state index contributed by atoms with van der Waals surface area (Å²) in [6, 6.07) is 11.8. The van der Waals surface area contributed by atoms with E-state index in [1.807, 2.05) is 50.9 Å². The van der Waals surface area contributed by atoms with Crippen molar-refractivity contribution in [3.8, 4) is 11.3 Å². The molecule has 224 valence electrons. The Balaban J connectivity index is 1.35. The number of ether oxygens (including phenoxy) is 1. The lowest BCUT2D eigenvalue weighted by molar-refractivity contribution is -0.137. The molecule has 0 saturated heterocycles. The number of carbonyl (C=O) groups excluding carboxylic acids is 1. The molecule has 2 aliphatic rings. The molecule has 2 aliphatic carbocycles. The summed E-state index contributed by atoms with van der Waals surface area (Å²) >= 11 is 0. The second-order valence-corrected chi connectivity index (χ2v) is 12.3. The number of amides is 1. The number of nitrogens with one attached hydrogen (secondary N) is 2. The van der Waals surface area contributed by atoms with E-state index < -0.39 is 23.4 Å². The van der Waals surface area contributed by atoms with Crippen molar-refractivity contribution in [3.63, 3.8) is 0 Å². The lowest BCUT2D eigenvalue weighted by atomic mass is 9.93. The van der Waals surface area contributed by atoms with Crippen LogP contribution in [0.5, 0.6) is 0 Å². The smallest absolute Gasteiger partial charge is 0.416 e. The van der Waals surface area contributed by atoms with Gasteiger partial charge >= 0.3 is 12.3 Å². The Kier molecular flexibility index (Phi) is 8.35. The van der Waals surface area contributed by atoms with Crippen LogP contribution in [0.25, 0.3) is 11.3 Å². The summed E-state index contributed by atoms with van der Waals surface area (Å²) in [5, 5.41) is 6.27. The lowest BCUT2D eigenvalue weighted by Crippen LogP contribution is -2.39. The number of alkyl halides is 3. The molecule has 1 atom stereocenters. The molecule has 1 amide bonds. The Morgan fingerprint density at radius 1 is 0.952 bits per heavy atom. The van der Waals surface area contributed by atoms with Gasteiger partial charge in [0.15, 0.2) is 0 Å². The number of nitrogens with zero attached hydrogens (tertiary/aromatic N) is 3. The number of anilines is 3. The van der Waals surface area contributed by atoms with Crippen LogP contribution in [-0.2, 0) is 23.8 Å². The fourth-order valence-corrected chi connectivity index (χ4v) is 5.87. The standard InChI is InChI=1S/C32H38F3N5O2/c1-31(2,3)42-30(41)39-24-14-20-10-12-23(15-21(20)16-24)38-29-18-27(36-19-37-29)26-13-11-22(32(33,34)35)17-28(26)40(4)25-8-6-5-7-9-25/h10-13,15,17-19,24-25H,5-9,14,16H2,1-4H3,(H,39,41)(H,36,37,38).